The Morgan fingerprint density at radius 3 is 3.11 bits per heavy atom. The maximum absolute atomic E-state index is 12.0. The van der Waals surface area contributed by atoms with Gasteiger partial charge in [-0.15, -0.1) is 0 Å². The maximum Gasteiger partial charge on any atom is 0.328 e. The van der Waals surface area contributed by atoms with Gasteiger partial charge in [-0.25, -0.2) is 14.8 Å². The third-order valence-electron chi connectivity index (χ3n) is 3.13. The summed E-state index contributed by atoms with van der Waals surface area (Å²) in [5.74, 6) is 0.488. The Morgan fingerprint density at radius 1 is 1.58 bits per heavy atom. The number of nitrogens with two attached hydrogens (primary N) is 1. The van der Waals surface area contributed by atoms with Gasteiger partial charge in [-0.05, 0) is 26.2 Å². The monoisotopic (exact) mass is 284 g/mol. The molecule has 2 heterocycles. The molecule has 2 rings (SSSR count). The smallest absolute Gasteiger partial charge is 0.328 e. The highest BCUT2D eigenvalue weighted by Gasteiger charge is 2.32. The van der Waals surface area contributed by atoms with Crippen LogP contribution in [0.4, 0.5) is 11.6 Å². The zero-order valence-electron chi connectivity index (χ0n) is 10.8. The van der Waals surface area contributed by atoms with E-state index in [-0.39, 0.29) is 17.8 Å². The van der Waals surface area contributed by atoms with Crippen LogP contribution in [-0.2, 0) is 9.53 Å². The van der Waals surface area contributed by atoms with Crippen molar-refractivity contribution in [3.63, 3.8) is 0 Å². The van der Waals surface area contributed by atoms with Crippen molar-refractivity contribution < 1.29 is 9.53 Å². The molecule has 2 N–H and O–H groups in total. The zero-order chi connectivity index (χ0) is 13.8. The van der Waals surface area contributed by atoms with Crippen molar-refractivity contribution >= 4 is 29.2 Å². The number of hydrogen-bond acceptors (Lipinski definition) is 6. The molecule has 1 aliphatic heterocycles. The van der Waals surface area contributed by atoms with Crippen LogP contribution in [0.2, 0.25) is 5.02 Å². The summed E-state index contributed by atoms with van der Waals surface area (Å²) in [6.07, 6.45) is 4.06. The number of esters is 1. The van der Waals surface area contributed by atoms with Gasteiger partial charge < -0.3 is 15.4 Å². The van der Waals surface area contributed by atoms with Crippen LogP contribution in [0.25, 0.3) is 0 Å². The maximum atomic E-state index is 12.0. The molecule has 19 heavy (non-hydrogen) atoms. The molecule has 1 saturated heterocycles. The Bertz CT molecular complexity index is 469. The van der Waals surface area contributed by atoms with Crippen LogP contribution in [0.1, 0.15) is 26.2 Å². The topological polar surface area (TPSA) is 81.3 Å². The first-order valence-electron chi connectivity index (χ1n) is 6.34. The number of nitrogens with zero attached hydrogens (tertiary/aromatic N) is 3. The lowest BCUT2D eigenvalue weighted by atomic mass is 10.0. The molecule has 0 aromatic carbocycles. The number of aromatic nitrogens is 2. The van der Waals surface area contributed by atoms with Gasteiger partial charge in [0.25, 0.3) is 0 Å². The second kappa shape index (κ2) is 6.06. The molecule has 0 radical (unpaired) electrons. The Balaban J connectivity index is 2.29. The van der Waals surface area contributed by atoms with Gasteiger partial charge in [0.05, 0.1) is 6.61 Å². The van der Waals surface area contributed by atoms with Crippen molar-refractivity contribution in [3.8, 4) is 0 Å². The minimum absolute atomic E-state index is 0.222. The van der Waals surface area contributed by atoms with E-state index < -0.39 is 0 Å². The van der Waals surface area contributed by atoms with Crippen molar-refractivity contribution in [2.75, 3.05) is 23.8 Å². The number of anilines is 2. The van der Waals surface area contributed by atoms with E-state index in [9.17, 15) is 4.79 Å². The number of halogens is 1. The Kier molecular flexibility index (Phi) is 4.42. The largest absolute Gasteiger partial charge is 0.464 e. The fourth-order valence-electron chi connectivity index (χ4n) is 2.24. The van der Waals surface area contributed by atoms with Crippen LogP contribution in [-0.4, -0.2) is 35.1 Å². The van der Waals surface area contributed by atoms with Gasteiger partial charge in [0.15, 0.2) is 5.82 Å². The average Bonchev–Trinajstić information content (AvgIpc) is 2.42. The summed E-state index contributed by atoms with van der Waals surface area (Å²) in [7, 11) is 0. The molecule has 7 heteroatoms. The summed E-state index contributed by atoms with van der Waals surface area (Å²) in [6, 6.07) is -0.347. The quantitative estimate of drug-likeness (QED) is 0.850. The first-order valence-corrected chi connectivity index (χ1v) is 6.72. The first-order chi connectivity index (χ1) is 9.15. The van der Waals surface area contributed by atoms with Gasteiger partial charge in [0, 0.05) is 6.54 Å². The molecular weight excluding hydrogens is 268 g/mol. The van der Waals surface area contributed by atoms with Gasteiger partial charge in [-0.2, -0.15) is 0 Å². The van der Waals surface area contributed by atoms with Crippen LogP contribution in [0.15, 0.2) is 6.33 Å². The molecule has 0 aliphatic carbocycles. The molecule has 1 aromatic rings. The summed E-state index contributed by atoms with van der Waals surface area (Å²) in [4.78, 5) is 21.8. The fraction of sp³-hybridized carbons (Fsp3) is 0.583. The summed E-state index contributed by atoms with van der Waals surface area (Å²) >= 11 is 6.13. The van der Waals surface area contributed by atoms with Crippen LogP contribution in [0.3, 0.4) is 0 Å². The summed E-state index contributed by atoms with van der Waals surface area (Å²) < 4.78 is 5.10. The molecule has 0 bridgehead atoms. The number of carbonyl (C=O) groups excluding carboxylic acids is 1. The minimum Gasteiger partial charge on any atom is -0.464 e. The Hall–Kier alpha value is -1.56. The lowest BCUT2D eigenvalue weighted by Gasteiger charge is -2.35. The van der Waals surface area contributed by atoms with Crippen molar-refractivity contribution in [2.24, 2.45) is 0 Å². The number of nitrogen functional groups attached to an aromatic ring is 1. The Morgan fingerprint density at radius 2 is 2.37 bits per heavy atom. The molecular formula is C12H17ClN4O2. The SMILES string of the molecule is CCOC(=O)C1CCCCN1c1ncnc(N)c1Cl. The van der Waals surface area contributed by atoms with Crippen molar-refractivity contribution in [1.29, 1.82) is 0 Å². The predicted molar refractivity (Wildman–Crippen MR) is 73.1 cm³/mol. The van der Waals surface area contributed by atoms with Gasteiger partial charge in [-0.3, -0.25) is 0 Å². The van der Waals surface area contributed by atoms with E-state index >= 15 is 0 Å². The van der Waals surface area contributed by atoms with E-state index in [2.05, 4.69) is 9.97 Å². The Labute approximate surface area is 116 Å². The van der Waals surface area contributed by atoms with E-state index in [0.29, 0.717) is 24.0 Å². The third kappa shape index (κ3) is 2.89. The number of rotatable bonds is 3. The summed E-state index contributed by atoms with van der Waals surface area (Å²) in [6.45, 7) is 2.86. The van der Waals surface area contributed by atoms with E-state index in [1.54, 1.807) is 6.92 Å². The second-order valence-corrected chi connectivity index (χ2v) is 4.73. The van der Waals surface area contributed by atoms with Crippen LogP contribution in [0, 0.1) is 0 Å². The highest BCUT2D eigenvalue weighted by Crippen LogP contribution is 2.31. The molecule has 1 aliphatic rings. The standard InChI is InChI=1S/C12H17ClN4O2/c1-2-19-12(18)8-5-3-4-6-17(8)11-9(13)10(14)15-7-16-11/h7-8H,2-6H2,1H3,(H2,14,15,16). The third-order valence-corrected chi connectivity index (χ3v) is 3.49. The van der Waals surface area contributed by atoms with Gasteiger partial charge in [0.2, 0.25) is 0 Å². The lowest BCUT2D eigenvalue weighted by molar-refractivity contribution is -0.145. The molecule has 1 atom stereocenters. The van der Waals surface area contributed by atoms with Crippen molar-refractivity contribution in [3.05, 3.63) is 11.3 Å². The second-order valence-electron chi connectivity index (χ2n) is 4.35. The normalized spacial score (nSPS) is 19.3. The first kappa shape index (κ1) is 13.9. The lowest BCUT2D eigenvalue weighted by Crippen LogP contribution is -2.46. The van der Waals surface area contributed by atoms with Gasteiger partial charge in [-0.1, -0.05) is 11.6 Å². The number of hydrogen-bond donors (Lipinski definition) is 1. The number of ether oxygens (including phenoxy) is 1. The predicted octanol–water partition coefficient (Wildman–Crippen LogP) is 1.63. The molecule has 104 valence electrons. The van der Waals surface area contributed by atoms with Gasteiger partial charge >= 0.3 is 5.97 Å². The highest BCUT2D eigenvalue weighted by atomic mass is 35.5. The minimum atomic E-state index is -0.347. The fourth-order valence-corrected chi connectivity index (χ4v) is 2.45. The molecule has 1 unspecified atom stereocenters. The van der Waals surface area contributed by atoms with Crippen LogP contribution >= 0.6 is 11.6 Å². The average molecular weight is 285 g/mol. The van der Waals surface area contributed by atoms with Crippen molar-refractivity contribution in [1.82, 2.24) is 9.97 Å². The number of piperidine rings is 1. The number of carbonyl (C=O) groups is 1. The van der Waals surface area contributed by atoms with E-state index in [1.807, 2.05) is 4.90 Å². The van der Waals surface area contributed by atoms with Crippen LogP contribution < -0.4 is 10.6 Å². The molecule has 6 nitrogen and oxygen atoms in total. The van der Waals surface area contributed by atoms with Crippen molar-refractivity contribution in [2.45, 2.75) is 32.2 Å². The zero-order valence-corrected chi connectivity index (χ0v) is 11.6. The van der Waals surface area contributed by atoms with E-state index in [0.717, 1.165) is 19.3 Å². The van der Waals surface area contributed by atoms with Gasteiger partial charge in [0.1, 0.15) is 23.2 Å². The van der Waals surface area contributed by atoms with Crippen LogP contribution in [0.5, 0.6) is 0 Å². The molecule has 0 amide bonds. The molecule has 0 spiro atoms. The molecule has 1 aromatic heterocycles. The summed E-state index contributed by atoms with van der Waals surface area (Å²) in [5, 5.41) is 0.290. The molecule has 0 saturated carbocycles. The van der Waals surface area contributed by atoms with E-state index in [1.165, 1.54) is 6.33 Å². The summed E-state index contributed by atoms with van der Waals surface area (Å²) in [5.41, 5.74) is 5.68. The highest BCUT2D eigenvalue weighted by molar-refractivity contribution is 6.35. The van der Waals surface area contributed by atoms with E-state index in [4.69, 9.17) is 22.1 Å². The molecule has 1 fully saturated rings.